The molecule has 0 aromatic carbocycles. The second-order valence-corrected chi connectivity index (χ2v) is 3.43. The van der Waals surface area contributed by atoms with Crippen LogP contribution in [0.3, 0.4) is 0 Å². The summed E-state index contributed by atoms with van der Waals surface area (Å²) < 4.78 is 1.37. The lowest BCUT2D eigenvalue weighted by atomic mass is 10.2. The summed E-state index contributed by atoms with van der Waals surface area (Å²) in [5.41, 5.74) is 1.39. The lowest BCUT2D eigenvalue weighted by Gasteiger charge is -2.04. The van der Waals surface area contributed by atoms with Crippen LogP contribution < -0.4 is 0 Å². The fourth-order valence-corrected chi connectivity index (χ4v) is 1.46. The zero-order chi connectivity index (χ0) is 12.4. The molecule has 0 spiro atoms. The molecule has 6 heteroatoms. The Morgan fingerprint density at radius 1 is 1.53 bits per heavy atom. The number of carboxylic acids is 1. The van der Waals surface area contributed by atoms with E-state index in [1.807, 2.05) is 0 Å². The van der Waals surface area contributed by atoms with Gasteiger partial charge < -0.3 is 5.11 Å². The average molecular weight is 231 g/mol. The number of carbonyl (C=O) groups excluding carboxylic acids is 1. The molecular weight excluding hydrogens is 222 g/mol. The minimum Gasteiger partial charge on any atom is -0.478 e. The van der Waals surface area contributed by atoms with E-state index in [2.05, 4.69) is 10.1 Å². The van der Waals surface area contributed by atoms with Gasteiger partial charge in [0.25, 0.3) is 0 Å². The first-order chi connectivity index (χ1) is 8.13. The summed E-state index contributed by atoms with van der Waals surface area (Å²) in [7, 11) is 0. The van der Waals surface area contributed by atoms with Crippen molar-refractivity contribution in [2.75, 3.05) is 0 Å². The molecule has 0 aliphatic rings. The Labute approximate surface area is 96.5 Å². The second-order valence-electron chi connectivity index (χ2n) is 3.43. The molecule has 6 nitrogen and oxygen atoms in total. The molecule has 0 aliphatic heterocycles. The number of carboxylic acid groups (broad SMARTS) is 1. The van der Waals surface area contributed by atoms with Gasteiger partial charge in [-0.15, -0.1) is 0 Å². The quantitative estimate of drug-likeness (QED) is 0.799. The molecule has 0 aliphatic carbocycles. The monoisotopic (exact) mass is 231 g/mol. The van der Waals surface area contributed by atoms with Crippen LogP contribution in [0.15, 0.2) is 24.7 Å². The van der Waals surface area contributed by atoms with Gasteiger partial charge in [0, 0.05) is 18.6 Å². The maximum absolute atomic E-state index is 11.0. The maximum atomic E-state index is 11.0. The third-order valence-corrected chi connectivity index (χ3v) is 2.34. The first kappa shape index (κ1) is 11.0. The number of nitrogens with zero attached hydrogens (tertiary/aromatic N) is 3. The van der Waals surface area contributed by atoms with Crippen LogP contribution in [0.5, 0.6) is 0 Å². The number of aromatic carboxylic acids is 1. The van der Waals surface area contributed by atoms with Gasteiger partial charge in [-0.3, -0.25) is 9.78 Å². The molecular formula is C11H9N3O3. The average Bonchev–Trinajstić information content (AvgIpc) is 2.70. The fraction of sp³-hybridized carbons (Fsp3) is 0.0909. The van der Waals surface area contributed by atoms with Crippen LogP contribution in [0.25, 0.3) is 5.69 Å². The first-order valence-corrected chi connectivity index (χ1v) is 4.82. The van der Waals surface area contributed by atoms with E-state index >= 15 is 0 Å². The Morgan fingerprint density at radius 3 is 2.88 bits per heavy atom. The molecule has 1 N–H and O–H groups in total. The van der Waals surface area contributed by atoms with Gasteiger partial charge in [-0.05, 0) is 13.0 Å². The number of hydrogen-bond acceptors (Lipinski definition) is 4. The van der Waals surface area contributed by atoms with E-state index < -0.39 is 5.97 Å². The third kappa shape index (κ3) is 1.92. The van der Waals surface area contributed by atoms with Crippen LogP contribution in [0.4, 0.5) is 0 Å². The summed E-state index contributed by atoms with van der Waals surface area (Å²) in [6.07, 6.45) is 4.89. The molecule has 0 atom stereocenters. The van der Waals surface area contributed by atoms with Gasteiger partial charge in [0.05, 0.1) is 16.9 Å². The topological polar surface area (TPSA) is 85.1 Å². The molecule has 86 valence electrons. The molecule has 0 saturated heterocycles. The molecule has 0 saturated carbocycles. The highest BCUT2D eigenvalue weighted by atomic mass is 16.4. The van der Waals surface area contributed by atoms with E-state index in [0.717, 1.165) is 0 Å². The molecule has 0 bridgehead atoms. The minimum absolute atomic E-state index is 0.0347. The Balaban J connectivity index is 2.59. The molecule has 2 aromatic heterocycles. The molecule has 2 heterocycles. The molecule has 2 aromatic rings. The van der Waals surface area contributed by atoms with Crippen molar-refractivity contribution in [3.63, 3.8) is 0 Å². The van der Waals surface area contributed by atoms with Crippen molar-refractivity contribution < 1.29 is 14.7 Å². The standard InChI is InChI=1S/C11H9N3O3/c1-7-8(6-15)5-14(13-7)10-2-3-12-4-9(10)11(16)17/h2-6H,1H3,(H,16,17). The van der Waals surface area contributed by atoms with E-state index in [1.54, 1.807) is 6.92 Å². The molecule has 2 rings (SSSR count). The van der Waals surface area contributed by atoms with Gasteiger partial charge in [-0.1, -0.05) is 0 Å². The molecule has 0 fully saturated rings. The van der Waals surface area contributed by atoms with Crippen molar-refractivity contribution >= 4 is 12.3 Å². The predicted octanol–water partition coefficient (Wildman–Crippen LogP) is 1.09. The molecule has 0 amide bonds. The molecule has 17 heavy (non-hydrogen) atoms. The van der Waals surface area contributed by atoms with E-state index in [4.69, 9.17) is 5.11 Å². The van der Waals surface area contributed by atoms with Crippen LogP contribution in [-0.4, -0.2) is 32.1 Å². The van der Waals surface area contributed by atoms with Crippen molar-refractivity contribution in [1.82, 2.24) is 14.8 Å². The van der Waals surface area contributed by atoms with Crippen LogP contribution in [0, 0.1) is 6.92 Å². The number of aldehydes is 1. The maximum Gasteiger partial charge on any atom is 0.339 e. The van der Waals surface area contributed by atoms with E-state index in [1.165, 1.54) is 29.3 Å². The van der Waals surface area contributed by atoms with Gasteiger partial charge in [0.1, 0.15) is 5.56 Å². The lowest BCUT2D eigenvalue weighted by molar-refractivity contribution is 0.0696. The number of pyridine rings is 1. The number of aromatic nitrogens is 3. The van der Waals surface area contributed by atoms with Gasteiger partial charge in [0.15, 0.2) is 6.29 Å². The lowest BCUT2D eigenvalue weighted by Crippen LogP contribution is -2.06. The SMILES string of the molecule is Cc1nn(-c2ccncc2C(=O)O)cc1C=O. The largest absolute Gasteiger partial charge is 0.478 e. The summed E-state index contributed by atoms with van der Waals surface area (Å²) in [6, 6.07) is 1.53. The van der Waals surface area contributed by atoms with Gasteiger partial charge in [-0.25, -0.2) is 9.48 Å². The van der Waals surface area contributed by atoms with E-state index in [0.29, 0.717) is 23.2 Å². The second kappa shape index (κ2) is 4.17. The van der Waals surface area contributed by atoms with Gasteiger partial charge in [0.2, 0.25) is 0 Å². The molecule has 0 unspecified atom stereocenters. The van der Waals surface area contributed by atoms with Crippen molar-refractivity contribution in [2.24, 2.45) is 0 Å². The number of aryl methyl sites for hydroxylation is 1. The van der Waals surface area contributed by atoms with Crippen molar-refractivity contribution in [2.45, 2.75) is 6.92 Å². The van der Waals surface area contributed by atoms with E-state index in [-0.39, 0.29) is 5.56 Å². The highest BCUT2D eigenvalue weighted by Crippen LogP contribution is 2.14. The van der Waals surface area contributed by atoms with Crippen molar-refractivity contribution in [3.05, 3.63) is 41.5 Å². The number of rotatable bonds is 3. The number of hydrogen-bond donors (Lipinski definition) is 1. The Hall–Kier alpha value is -2.50. The van der Waals surface area contributed by atoms with Crippen LogP contribution >= 0.6 is 0 Å². The third-order valence-electron chi connectivity index (χ3n) is 2.34. The summed E-state index contributed by atoms with van der Waals surface area (Å²) in [5, 5.41) is 13.1. The number of carbonyl (C=O) groups is 2. The summed E-state index contributed by atoms with van der Waals surface area (Å²) in [6.45, 7) is 1.68. The molecule has 0 radical (unpaired) electrons. The predicted molar refractivity (Wildman–Crippen MR) is 58.4 cm³/mol. The zero-order valence-electron chi connectivity index (χ0n) is 8.99. The Kier molecular flexibility index (Phi) is 2.70. The summed E-state index contributed by atoms with van der Waals surface area (Å²) >= 11 is 0. The first-order valence-electron chi connectivity index (χ1n) is 4.82. The van der Waals surface area contributed by atoms with Crippen LogP contribution in [-0.2, 0) is 0 Å². The van der Waals surface area contributed by atoms with Crippen molar-refractivity contribution in [1.29, 1.82) is 0 Å². The normalized spacial score (nSPS) is 10.2. The summed E-state index contributed by atoms with van der Waals surface area (Å²) in [4.78, 5) is 25.5. The fourth-order valence-electron chi connectivity index (χ4n) is 1.46. The van der Waals surface area contributed by atoms with E-state index in [9.17, 15) is 9.59 Å². The smallest absolute Gasteiger partial charge is 0.339 e. The van der Waals surface area contributed by atoms with Gasteiger partial charge >= 0.3 is 5.97 Å². The minimum atomic E-state index is -1.09. The van der Waals surface area contributed by atoms with Gasteiger partial charge in [-0.2, -0.15) is 5.10 Å². The zero-order valence-corrected chi connectivity index (χ0v) is 8.99. The highest BCUT2D eigenvalue weighted by molar-refractivity contribution is 5.91. The highest BCUT2D eigenvalue weighted by Gasteiger charge is 2.13. The van der Waals surface area contributed by atoms with Crippen LogP contribution in [0.1, 0.15) is 26.4 Å². The van der Waals surface area contributed by atoms with Crippen LogP contribution in [0.2, 0.25) is 0 Å². The summed E-state index contributed by atoms with van der Waals surface area (Å²) in [5.74, 6) is -1.09. The van der Waals surface area contributed by atoms with Crippen molar-refractivity contribution in [3.8, 4) is 5.69 Å². The Bertz CT molecular complexity index is 589. The Morgan fingerprint density at radius 2 is 2.29 bits per heavy atom.